The second-order valence-corrected chi connectivity index (χ2v) is 5.55. The monoisotopic (exact) mass is 251 g/mol. The van der Waals surface area contributed by atoms with Crippen LogP contribution >= 0.6 is 0 Å². The Labute approximate surface area is 94.9 Å². The van der Waals surface area contributed by atoms with Crippen LogP contribution in [0.1, 0.15) is 26.7 Å². The molecule has 7 nitrogen and oxygen atoms in total. The SMILES string of the molecule is CC(C)OC(=O)NS(=O)(=O)NC1CC(N)C1. The Balaban J connectivity index is 2.37. The topological polar surface area (TPSA) is 111 Å². The summed E-state index contributed by atoms with van der Waals surface area (Å²) >= 11 is 0. The largest absolute Gasteiger partial charge is 0.446 e. The zero-order valence-electron chi connectivity index (χ0n) is 9.26. The van der Waals surface area contributed by atoms with Crippen LogP contribution in [0.25, 0.3) is 0 Å². The molecule has 16 heavy (non-hydrogen) atoms. The van der Waals surface area contributed by atoms with Gasteiger partial charge in [0.05, 0.1) is 6.10 Å². The summed E-state index contributed by atoms with van der Waals surface area (Å²) in [6, 6.07) is -0.158. The summed E-state index contributed by atoms with van der Waals surface area (Å²) < 4.78 is 31.5. The fourth-order valence-corrected chi connectivity index (χ4v) is 2.31. The first-order chi connectivity index (χ1) is 7.28. The zero-order valence-corrected chi connectivity index (χ0v) is 10.1. The number of carbonyl (C=O) groups excluding carboxylic acids is 1. The number of hydrogen-bond acceptors (Lipinski definition) is 5. The molecule has 0 aromatic carbocycles. The van der Waals surface area contributed by atoms with Crippen molar-refractivity contribution >= 4 is 16.3 Å². The van der Waals surface area contributed by atoms with E-state index in [4.69, 9.17) is 5.73 Å². The Kier molecular flexibility index (Phi) is 4.11. The summed E-state index contributed by atoms with van der Waals surface area (Å²) in [6.45, 7) is 3.26. The van der Waals surface area contributed by atoms with Crippen molar-refractivity contribution in [3.63, 3.8) is 0 Å². The molecule has 1 amide bonds. The molecule has 94 valence electrons. The molecule has 0 aliphatic heterocycles. The smallest absolute Gasteiger partial charge is 0.422 e. The highest BCUT2D eigenvalue weighted by Crippen LogP contribution is 2.17. The molecular weight excluding hydrogens is 234 g/mol. The molecular formula is C8H17N3O4S. The Morgan fingerprint density at radius 1 is 1.44 bits per heavy atom. The van der Waals surface area contributed by atoms with Crippen LogP contribution in [-0.4, -0.2) is 32.7 Å². The first kappa shape index (κ1) is 13.2. The molecule has 0 spiro atoms. The van der Waals surface area contributed by atoms with E-state index in [2.05, 4.69) is 9.46 Å². The van der Waals surface area contributed by atoms with Crippen molar-refractivity contribution in [1.82, 2.24) is 9.44 Å². The van der Waals surface area contributed by atoms with Crippen molar-refractivity contribution in [3.05, 3.63) is 0 Å². The third-order valence-corrected chi connectivity index (χ3v) is 3.14. The minimum atomic E-state index is -3.84. The van der Waals surface area contributed by atoms with Gasteiger partial charge in [-0.1, -0.05) is 0 Å². The van der Waals surface area contributed by atoms with Crippen molar-refractivity contribution in [2.75, 3.05) is 0 Å². The van der Waals surface area contributed by atoms with Gasteiger partial charge < -0.3 is 10.5 Å². The average molecular weight is 251 g/mol. The molecule has 0 aromatic heterocycles. The number of ether oxygens (including phenoxy) is 1. The third kappa shape index (κ3) is 4.33. The highest BCUT2D eigenvalue weighted by Gasteiger charge is 2.30. The normalized spacial score (nSPS) is 25.0. The summed E-state index contributed by atoms with van der Waals surface area (Å²) in [5.74, 6) is 0. The number of nitrogens with two attached hydrogens (primary N) is 1. The van der Waals surface area contributed by atoms with Gasteiger partial charge in [-0.25, -0.2) is 9.52 Å². The predicted octanol–water partition coefficient (Wildman–Crippen LogP) is -0.555. The molecule has 1 rings (SSSR count). The summed E-state index contributed by atoms with van der Waals surface area (Å²) in [4.78, 5) is 11.0. The van der Waals surface area contributed by atoms with Crippen LogP contribution in [0.2, 0.25) is 0 Å². The number of amides is 1. The molecule has 1 aliphatic carbocycles. The molecule has 1 fully saturated rings. The van der Waals surface area contributed by atoms with Crippen LogP contribution in [0.4, 0.5) is 4.79 Å². The standard InChI is InChI=1S/C8H17N3O4S/c1-5(2)15-8(12)11-16(13,14)10-7-3-6(9)4-7/h5-7,10H,3-4,9H2,1-2H3,(H,11,12). The van der Waals surface area contributed by atoms with Crippen LogP contribution < -0.4 is 15.2 Å². The summed E-state index contributed by atoms with van der Waals surface area (Å²) in [5, 5.41) is 0. The minimum Gasteiger partial charge on any atom is -0.446 e. The molecule has 0 aromatic rings. The van der Waals surface area contributed by atoms with Gasteiger partial charge >= 0.3 is 16.3 Å². The first-order valence-corrected chi connectivity index (χ1v) is 6.53. The fraction of sp³-hybridized carbons (Fsp3) is 0.875. The van der Waals surface area contributed by atoms with Crippen molar-refractivity contribution in [1.29, 1.82) is 0 Å². The van der Waals surface area contributed by atoms with E-state index in [9.17, 15) is 13.2 Å². The lowest BCUT2D eigenvalue weighted by atomic mass is 9.89. The van der Waals surface area contributed by atoms with Crippen LogP contribution in [0.15, 0.2) is 0 Å². The van der Waals surface area contributed by atoms with E-state index < -0.39 is 16.3 Å². The second kappa shape index (κ2) is 4.98. The molecule has 4 N–H and O–H groups in total. The Hall–Kier alpha value is -0.860. The molecule has 0 bridgehead atoms. The second-order valence-electron chi connectivity index (χ2n) is 4.11. The molecule has 0 unspecified atom stereocenters. The van der Waals surface area contributed by atoms with Gasteiger partial charge in [-0.15, -0.1) is 0 Å². The molecule has 0 radical (unpaired) electrons. The van der Waals surface area contributed by atoms with Gasteiger partial charge in [0, 0.05) is 12.1 Å². The van der Waals surface area contributed by atoms with Gasteiger partial charge in [-0.05, 0) is 26.7 Å². The lowest BCUT2D eigenvalue weighted by Crippen LogP contribution is -2.53. The van der Waals surface area contributed by atoms with Crippen molar-refractivity contribution in [2.24, 2.45) is 5.73 Å². The van der Waals surface area contributed by atoms with Gasteiger partial charge in [-0.3, -0.25) is 0 Å². The molecule has 8 heteroatoms. The van der Waals surface area contributed by atoms with E-state index in [1.807, 2.05) is 0 Å². The maximum atomic E-state index is 11.4. The van der Waals surface area contributed by atoms with Crippen molar-refractivity contribution < 1.29 is 17.9 Å². The van der Waals surface area contributed by atoms with Gasteiger partial charge in [0.1, 0.15) is 0 Å². The van der Waals surface area contributed by atoms with E-state index >= 15 is 0 Å². The lowest BCUT2D eigenvalue weighted by molar-refractivity contribution is 0.121. The number of rotatable bonds is 4. The van der Waals surface area contributed by atoms with Crippen LogP contribution in [0.5, 0.6) is 0 Å². The summed E-state index contributed by atoms with van der Waals surface area (Å²) in [5.41, 5.74) is 5.51. The van der Waals surface area contributed by atoms with E-state index in [0.29, 0.717) is 12.8 Å². The van der Waals surface area contributed by atoms with E-state index in [-0.39, 0.29) is 18.2 Å². The van der Waals surface area contributed by atoms with Gasteiger partial charge in [0.2, 0.25) is 0 Å². The van der Waals surface area contributed by atoms with Crippen molar-refractivity contribution in [2.45, 2.75) is 44.9 Å². The Morgan fingerprint density at radius 2 is 2.00 bits per heavy atom. The molecule has 1 saturated carbocycles. The quantitative estimate of drug-likeness (QED) is 0.620. The van der Waals surface area contributed by atoms with Crippen molar-refractivity contribution in [3.8, 4) is 0 Å². The average Bonchev–Trinajstić information content (AvgIpc) is 1.96. The van der Waals surface area contributed by atoms with Gasteiger partial charge in [-0.2, -0.15) is 13.1 Å². The number of carbonyl (C=O) groups is 1. The van der Waals surface area contributed by atoms with Gasteiger partial charge in [0.25, 0.3) is 0 Å². The van der Waals surface area contributed by atoms with E-state index in [1.54, 1.807) is 18.6 Å². The number of hydrogen-bond donors (Lipinski definition) is 3. The van der Waals surface area contributed by atoms with E-state index in [1.165, 1.54) is 0 Å². The Bertz CT molecular complexity index is 348. The molecule has 0 heterocycles. The van der Waals surface area contributed by atoms with Gasteiger partial charge in [0.15, 0.2) is 0 Å². The maximum Gasteiger partial charge on any atom is 0.422 e. The minimum absolute atomic E-state index is 0.0373. The maximum absolute atomic E-state index is 11.4. The highest BCUT2D eigenvalue weighted by molar-refractivity contribution is 7.88. The first-order valence-electron chi connectivity index (χ1n) is 5.05. The van der Waals surface area contributed by atoms with Crippen LogP contribution in [-0.2, 0) is 14.9 Å². The molecule has 0 saturated heterocycles. The summed E-state index contributed by atoms with van der Waals surface area (Å²) in [7, 11) is -3.84. The fourth-order valence-electron chi connectivity index (χ4n) is 1.35. The lowest BCUT2D eigenvalue weighted by Gasteiger charge is -2.32. The highest BCUT2D eigenvalue weighted by atomic mass is 32.2. The van der Waals surface area contributed by atoms with Crippen LogP contribution in [0.3, 0.4) is 0 Å². The Morgan fingerprint density at radius 3 is 2.44 bits per heavy atom. The van der Waals surface area contributed by atoms with Crippen LogP contribution in [0, 0.1) is 0 Å². The zero-order chi connectivity index (χ0) is 12.3. The molecule has 1 aliphatic rings. The third-order valence-electron chi connectivity index (χ3n) is 2.06. The predicted molar refractivity (Wildman–Crippen MR) is 57.8 cm³/mol. The summed E-state index contributed by atoms with van der Waals surface area (Å²) in [6.07, 6.45) is -0.182. The van der Waals surface area contributed by atoms with E-state index in [0.717, 1.165) is 0 Å². The molecule has 0 atom stereocenters. The number of nitrogens with one attached hydrogen (secondary N) is 2.